The van der Waals surface area contributed by atoms with Crippen LogP contribution in [0.4, 0.5) is 0 Å². The van der Waals surface area contributed by atoms with Crippen molar-refractivity contribution in [2.75, 3.05) is 0 Å². The van der Waals surface area contributed by atoms with Crippen molar-refractivity contribution in [2.45, 2.75) is 51.1 Å². The van der Waals surface area contributed by atoms with Crippen LogP contribution in [-0.4, -0.2) is 9.97 Å². The largest absolute Gasteiger partial charge is 0.307 e. The average Bonchev–Trinajstić information content (AvgIpc) is 2.84. The van der Waals surface area contributed by atoms with Gasteiger partial charge in [0, 0.05) is 30.8 Å². The van der Waals surface area contributed by atoms with Crippen LogP contribution in [0.2, 0.25) is 0 Å². The summed E-state index contributed by atoms with van der Waals surface area (Å²) in [6, 6.07) is 0. The van der Waals surface area contributed by atoms with Gasteiger partial charge in [-0.1, -0.05) is 0 Å². The third kappa shape index (κ3) is 1.54. The molecule has 19 heavy (non-hydrogen) atoms. The number of nitrogens with one attached hydrogen (secondary N) is 1. The first-order valence-corrected chi connectivity index (χ1v) is 7.92. The van der Waals surface area contributed by atoms with Gasteiger partial charge in [-0.05, 0) is 55.8 Å². The van der Waals surface area contributed by atoms with E-state index in [0.717, 1.165) is 36.8 Å². The van der Waals surface area contributed by atoms with Crippen LogP contribution in [0.1, 0.15) is 55.1 Å². The van der Waals surface area contributed by atoms with Gasteiger partial charge in [-0.15, -0.1) is 0 Å². The van der Waals surface area contributed by atoms with E-state index in [4.69, 9.17) is 9.97 Å². The van der Waals surface area contributed by atoms with Crippen LogP contribution in [0.5, 0.6) is 0 Å². The normalized spacial score (nSPS) is 42.6. The van der Waals surface area contributed by atoms with Gasteiger partial charge in [0.2, 0.25) is 0 Å². The molecule has 4 bridgehead atoms. The van der Waals surface area contributed by atoms with Crippen LogP contribution >= 0.6 is 0 Å². The molecule has 1 aromatic rings. The summed E-state index contributed by atoms with van der Waals surface area (Å²) >= 11 is 0. The van der Waals surface area contributed by atoms with Crippen LogP contribution < -0.4 is 5.32 Å². The number of rotatable bonds is 1. The molecule has 2 heterocycles. The maximum atomic E-state index is 4.93. The molecule has 0 spiro atoms. The van der Waals surface area contributed by atoms with E-state index in [0.29, 0.717) is 5.92 Å². The Hall–Kier alpha value is -0.960. The summed E-state index contributed by atoms with van der Waals surface area (Å²) in [4.78, 5) is 9.67. The van der Waals surface area contributed by atoms with Crippen molar-refractivity contribution in [1.29, 1.82) is 0 Å². The number of hydrogen-bond donors (Lipinski definition) is 1. The van der Waals surface area contributed by atoms with E-state index >= 15 is 0 Å². The fourth-order valence-electron chi connectivity index (χ4n) is 5.58. The number of nitrogens with zero attached hydrogens (tertiary/aromatic N) is 2. The maximum Gasteiger partial charge on any atom is 0.132 e. The second-order valence-electron chi connectivity index (χ2n) is 7.26. The van der Waals surface area contributed by atoms with Gasteiger partial charge in [-0.25, -0.2) is 9.97 Å². The van der Waals surface area contributed by atoms with Gasteiger partial charge in [0.25, 0.3) is 0 Å². The first-order valence-electron chi connectivity index (χ1n) is 7.92. The van der Waals surface area contributed by atoms with Crippen molar-refractivity contribution in [1.82, 2.24) is 15.3 Å². The molecular weight excluding hydrogens is 234 g/mol. The Labute approximate surface area is 114 Å². The van der Waals surface area contributed by atoms with Crippen LogP contribution in [0.15, 0.2) is 6.20 Å². The molecule has 1 aliphatic heterocycles. The standard InChI is InChI=1S/C16H21N3/c1-9-2-11-4-10(1)5-12(3-9)15(11)16-18-7-13-6-17-8-14(13)19-16/h7,9-12,15,17H,1-6,8H2. The zero-order valence-corrected chi connectivity index (χ0v) is 11.3. The van der Waals surface area contributed by atoms with Crippen LogP contribution in [0.3, 0.4) is 0 Å². The third-order valence-corrected chi connectivity index (χ3v) is 6.11. The molecule has 0 saturated heterocycles. The summed E-state index contributed by atoms with van der Waals surface area (Å²) in [6.07, 6.45) is 9.43. The molecule has 3 heteroatoms. The van der Waals surface area contributed by atoms with Gasteiger partial charge in [0.05, 0.1) is 5.69 Å². The molecule has 0 atom stereocenters. The van der Waals surface area contributed by atoms with Gasteiger partial charge in [-0.2, -0.15) is 0 Å². The Morgan fingerprint density at radius 2 is 1.68 bits per heavy atom. The van der Waals surface area contributed by atoms with Crippen LogP contribution in [0, 0.1) is 23.7 Å². The predicted octanol–water partition coefficient (Wildman–Crippen LogP) is 2.62. The van der Waals surface area contributed by atoms with Gasteiger partial charge in [-0.3, -0.25) is 0 Å². The number of aromatic nitrogens is 2. The fraction of sp³-hybridized carbons (Fsp3) is 0.750. The Kier molecular flexibility index (Phi) is 2.15. The van der Waals surface area contributed by atoms with Gasteiger partial charge in [0.15, 0.2) is 0 Å². The SMILES string of the molecule is c1nc(C2C3CC4CC(C3)CC2C4)nc2c1CNC2. The van der Waals surface area contributed by atoms with E-state index in [-0.39, 0.29) is 0 Å². The topological polar surface area (TPSA) is 37.8 Å². The second-order valence-corrected chi connectivity index (χ2v) is 7.26. The molecule has 3 nitrogen and oxygen atoms in total. The molecule has 5 aliphatic rings. The van der Waals surface area contributed by atoms with E-state index in [1.54, 1.807) is 0 Å². The summed E-state index contributed by atoms with van der Waals surface area (Å²) in [5.41, 5.74) is 2.58. The Bertz CT molecular complexity index is 497. The van der Waals surface area contributed by atoms with Crippen molar-refractivity contribution < 1.29 is 0 Å². The smallest absolute Gasteiger partial charge is 0.132 e. The van der Waals surface area contributed by atoms with E-state index < -0.39 is 0 Å². The monoisotopic (exact) mass is 255 g/mol. The average molecular weight is 255 g/mol. The Morgan fingerprint density at radius 1 is 0.947 bits per heavy atom. The minimum absolute atomic E-state index is 0.679. The molecule has 0 radical (unpaired) electrons. The summed E-state index contributed by atoms with van der Waals surface area (Å²) in [5, 5.41) is 3.38. The molecule has 0 amide bonds. The summed E-state index contributed by atoms with van der Waals surface area (Å²) < 4.78 is 0. The quantitative estimate of drug-likeness (QED) is 0.838. The highest BCUT2D eigenvalue weighted by atomic mass is 15.0. The summed E-state index contributed by atoms with van der Waals surface area (Å²) in [5.74, 6) is 5.71. The Balaban J connectivity index is 1.52. The maximum absolute atomic E-state index is 4.93. The number of fused-ring (bicyclic) bond motifs is 1. The summed E-state index contributed by atoms with van der Waals surface area (Å²) in [6.45, 7) is 1.90. The number of hydrogen-bond acceptors (Lipinski definition) is 3. The van der Waals surface area contributed by atoms with Crippen LogP contribution in [0.25, 0.3) is 0 Å². The zero-order valence-electron chi connectivity index (χ0n) is 11.3. The lowest BCUT2D eigenvalue weighted by molar-refractivity contribution is -0.00572. The minimum atomic E-state index is 0.679. The predicted molar refractivity (Wildman–Crippen MR) is 72.4 cm³/mol. The molecule has 4 aliphatic carbocycles. The molecule has 100 valence electrons. The van der Waals surface area contributed by atoms with E-state index in [1.165, 1.54) is 49.2 Å². The van der Waals surface area contributed by atoms with Crippen molar-refractivity contribution in [2.24, 2.45) is 23.7 Å². The third-order valence-electron chi connectivity index (χ3n) is 6.11. The highest BCUT2D eigenvalue weighted by molar-refractivity contribution is 5.23. The fourth-order valence-corrected chi connectivity index (χ4v) is 5.58. The van der Waals surface area contributed by atoms with E-state index in [9.17, 15) is 0 Å². The molecule has 1 aromatic heterocycles. The van der Waals surface area contributed by atoms with Gasteiger partial charge in [0.1, 0.15) is 5.82 Å². The van der Waals surface area contributed by atoms with Crippen LogP contribution in [-0.2, 0) is 13.1 Å². The van der Waals surface area contributed by atoms with Crippen molar-refractivity contribution in [3.63, 3.8) is 0 Å². The lowest BCUT2D eigenvalue weighted by Gasteiger charge is -2.53. The van der Waals surface area contributed by atoms with Crippen molar-refractivity contribution in [3.05, 3.63) is 23.3 Å². The highest BCUT2D eigenvalue weighted by Crippen LogP contribution is 2.59. The second kappa shape index (κ2) is 3.78. The lowest BCUT2D eigenvalue weighted by Crippen LogP contribution is -2.44. The van der Waals surface area contributed by atoms with Gasteiger partial charge >= 0.3 is 0 Å². The molecule has 0 aromatic carbocycles. The molecule has 0 unspecified atom stereocenters. The first-order chi connectivity index (χ1) is 9.37. The summed E-state index contributed by atoms with van der Waals surface area (Å²) in [7, 11) is 0. The Morgan fingerprint density at radius 3 is 2.42 bits per heavy atom. The molecule has 1 N–H and O–H groups in total. The minimum Gasteiger partial charge on any atom is -0.307 e. The highest BCUT2D eigenvalue weighted by Gasteiger charge is 2.49. The molecule has 4 saturated carbocycles. The van der Waals surface area contributed by atoms with E-state index in [1.807, 2.05) is 0 Å². The molecule has 4 fully saturated rings. The van der Waals surface area contributed by atoms with Gasteiger partial charge < -0.3 is 5.32 Å². The first kappa shape index (κ1) is 10.8. The van der Waals surface area contributed by atoms with Crippen molar-refractivity contribution in [3.8, 4) is 0 Å². The van der Waals surface area contributed by atoms with Crippen molar-refractivity contribution >= 4 is 0 Å². The van der Waals surface area contributed by atoms with E-state index in [2.05, 4.69) is 11.5 Å². The lowest BCUT2D eigenvalue weighted by atomic mass is 9.51. The zero-order chi connectivity index (χ0) is 12.4. The molecule has 6 rings (SSSR count). The molecular formula is C16H21N3.